The monoisotopic (exact) mass is 234 g/mol. The zero-order valence-corrected chi connectivity index (χ0v) is 10.3. The van der Waals surface area contributed by atoms with Crippen molar-refractivity contribution in [2.75, 3.05) is 40.5 Å². The van der Waals surface area contributed by atoms with Gasteiger partial charge < -0.3 is 14.4 Å². The normalized spacial score (nSPS) is 10.2. The molecule has 0 spiro atoms. The van der Waals surface area contributed by atoms with Gasteiger partial charge in [-0.3, -0.25) is 0 Å². The van der Waals surface area contributed by atoms with E-state index in [2.05, 4.69) is 11.0 Å². The molecule has 92 valence electrons. The predicted octanol–water partition coefficient (Wildman–Crippen LogP) is 1.52. The van der Waals surface area contributed by atoms with Crippen molar-refractivity contribution in [3.8, 4) is 11.8 Å². The first kappa shape index (κ1) is 13.5. The van der Waals surface area contributed by atoms with E-state index in [1.807, 2.05) is 19.2 Å². The van der Waals surface area contributed by atoms with Gasteiger partial charge in [-0.15, -0.1) is 0 Å². The van der Waals surface area contributed by atoms with Crippen molar-refractivity contribution in [2.45, 2.75) is 0 Å². The average molecular weight is 234 g/mol. The van der Waals surface area contributed by atoms with Crippen molar-refractivity contribution in [1.29, 1.82) is 5.26 Å². The number of benzene rings is 1. The number of ether oxygens (including phenoxy) is 2. The van der Waals surface area contributed by atoms with Crippen molar-refractivity contribution in [3.63, 3.8) is 0 Å². The molecule has 17 heavy (non-hydrogen) atoms. The van der Waals surface area contributed by atoms with E-state index >= 15 is 0 Å². The minimum Gasteiger partial charge on any atom is -0.492 e. The third-order valence-corrected chi connectivity index (χ3v) is 2.40. The van der Waals surface area contributed by atoms with Crippen LogP contribution in [0.2, 0.25) is 0 Å². The van der Waals surface area contributed by atoms with Gasteiger partial charge in [-0.05, 0) is 31.3 Å². The number of nitriles is 1. The fourth-order valence-electron chi connectivity index (χ4n) is 1.30. The highest BCUT2D eigenvalue weighted by molar-refractivity contribution is 5.34. The summed E-state index contributed by atoms with van der Waals surface area (Å²) in [4.78, 5) is 2.15. The average Bonchev–Trinajstić information content (AvgIpc) is 2.37. The molecule has 0 aliphatic heterocycles. The molecule has 4 heteroatoms. The molecule has 0 amide bonds. The van der Waals surface area contributed by atoms with Gasteiger partial charge in [0.2, 0.25) is 0 Å². The topological polar surface area (TPSA) is 45.5 Å². The Bertz CT molecular complexity index is 357. The van der Waals surface area contributed by atoms with Crippen LogP contribution < -0.4 is 4.74 Å². The summed E-state index contributed by atoms with van der Waals surface area (Å²) in [5, 5.41) is 8.65. The lowest BCUT2D eigenvalue weighted by atomic mass is 10.2. The Kier molecular flexibility index (Phi) is 6.08. The number of methoxy groups -OCH3 is 1. The van der Waals surface area contributed by atoms with Gasteiger partial charge >= 0.3 is 0 Å². The largest absolute Gasteiger partial charge is 0.492 e. The third kappa shape index (κ3) is 5.34. The first-order valence-corrected chi connectivity index (χ1v) is 5.56. The molecule has 0 radical (unpaired) electrons. The van der Waals surface area contributed by atoms with E-state index in [0.29, 0.717) is 12.2 Å². The van der Waals surface area contributed by atoms with E-state index in [-0.39, 0.29) is 0 Å². The molecule has 1 aromatic carbocycles. The highest BCUT2D eigenvalue weighted by Crippen LogP contribution is 2.11. The molecule has 1 rings (SSSR count). The van der Waals surface area contributed by atoms with Crippen molar-refractivity contribution in [3.05, 3.63) is 29.8 Å². The number of hydrogen-bond acceptors (Lipinski definition) is 4. The van der Waals surface area contributed by atoms with Crippen molar-refractivity contribution in [1.82, 2.24) is 4.90 Å². The molecule has 0 saturated carbocycles. The van der Waals surface area contributed by atoms with E-state index in [1.54, 1.807) is 19.2 Å². The lowest BCUT2D eigenvalue weighted by molar-refractivity contribution is 0.150. The smallest absolute Gasteiger partial charge is 0.119 e. The van der Waals surface area contributed by atoms with Crippen LogP contribution in [0, 0.1) is 11.3 Å². The molecular weight excluding hydrogens is 216 g/mol. The summed E-state index contributed by atoms with van der Waals surface area (Å²) < 4.78 is 10.6. The minimum absolute atomic E-state index is 0.631. The Morgan fingerprint density at radius 2 is 1.82 bits per heavy atom. The van der Waals surface area contributed by atoms with Gasteiger partial charge in [-0.2, -0.15) is 5.26 Å². The van der Waals surface area contributed by atoms with Crippen LogP contribution in [0.25, 0.3) is 0 Å². The summed E-state index contributed by atoms with van der Waals surface area (Å²) in [6.45, 7) is 3.11. The zero-order valence-electron chi connectivity index (χ0n) is 10.3. The number of hydrogen-bond donors (Lipinski definition) is 0. The molecule has 0 bridgehead atoms. The van der Waals surface area contributed by atoms with Crippen molar-refractivity contribution in [2.24, 2.45) is 0 Å². The molecule has 0 N–H and O–H groups in total. The second-order valence-electron chi connectivity index (χ2n) is 3.78. The van der Waals surface area contributed by atoms with E-state index in [1.165, 1.54) is 0 Å². The van der Waals surface area contributed by atoms with Gasteiger partial charge in [-0.1, -0.05) is 0 Å². The quantitative estimate of drug-likeness (QED) is 0.717. The predicted molar refractivity (Wildman–Crippen MR) is 66.0 cm³/mol. The van der Waals surface area contributed by atoms with Gasteiger partial charge in [0.05, 0.1) is 18.2 Å². The van der Waals surface area contributed by atoms with Crippen LogP contribution in [0.4, 0.5) is 0 Å². The summed E-state index contributed by atoms with van der Waals surface area (Å²) in [6, 6.07) is 9.21. The van der Waals surface area contributed by atoms with Gasteiger partial charge in [0.15, 0.2) is 0 Å². The number of likely N-dealkylation sites (N-methyl/N-ethyl adjacent to an activating group) is 1. The maximum atomic E-state index is 8.65. The lowest BCUT2D eigenvalue weighted by Gasteiger charge is -2.16. The Morgan fingerprint density at radius 3 is 2.41 bits per heavy atom. The Morgan fingerprint density at radius 1 is 1.18 bits per heavy atom. The summed E-state index contributed by atoms with van der Waals surface area (Å²) in [6.07, 6.45) is 0. The minimum atomic E-state index is 0.631. The number of rotatable bonds is 7. The van der Waals surface area contributed by atoms with Crippen LogP contribution in [0.15, 0.2) is 24.3 Å². The highest BCUT2D eigenvalue weighted by Gasteiger charge is 1.99. The molecular formula is C13H18N2O2. The van der Waals surface area contributed by atoms with Crippen molar-refractivity contribution >= 4 is 0 Å². The van der Waals surface area contributed by atoms with Gasteiger partial charge in [0.1, 0.15) is 12.4 Å². The van der Waals surface area contributed by atoms with Crippen molar-refractivity contribution < 1.29 is 9.47 Å². The summed E-state index contributed by atoms with van der Waals surface area (Å²) in [7, 11) is 3.72. The fourth-order valence-corrected chi connectivity index (χ4v) is 1.30. The summed E-state index contributed by atoms with van der Waals surface area (Å²) in [5.74, 6) is 0.796. The van der Waals surface area contributed by atoms with Crippen LogP contribution in [0.1, 0.15) is 5.56 Å². The molecule has 0 unspecified atom stereocenters. The van der Waals surface area contributed by atoms with Gasteiger partial charge in [0, 0.05) is 20.2 Å². The SMILES string of the molecule is COCCN(C)CCOc1ccc(C#N)cc1. The molecule has 4 nitrogen and oxygen atoms in total. The summed E-state index contributed by atoms with van der Waals surface area (Å²) >= 11 is 0. The molecule has 0 aromatic heterocycles. The lowest BCUT2D eigenvalue weighted by Crippen LogP contribution is -2.27. The standard InChI is InChI=1S/C13H18N2O2/c1-15(7-9-16-2)8-10-17-13-5-3-12(11-14)4-6-13/h3-6H,7-10H2,1-2H3. The molecule has 0 atom stereocenters. The Hall–Kier alpha value is -1.57. The van der Waals surface area contributed by atoms with Gasteiger partial charge in [-0.25, -0.2) is 0 Å². The highest BCUT2D eigenvalue weighted by atomic mass is 16.5. The Balaban J connectivity index is 2.24. The summed E-state index contributed by atoms with van der Waals surface area (Å²) in [5.41, 5.74) is 0.648. The maximum absolute atomic E-state index is 8.65. The number of nitrogens with zero attached hydrogens (tertiary/aromatic N) is 2. The van der Waals surface area contributed by atoms with Crippen LogP contribution in [-0.2, 0) is 4.74 Å². The van der Waals surface area contributed by atoms with Crippen LogP contribution >= 0.6 is 0 Å². The van der Waals surface area contributed by atoms with E-state index < -0.39 is 0 Å². The first-order chi connectivity index (χ1) is 8.26. The maximum Gasteiger partial charge on any atom is 0.119 e. The third-order valence-electron chi connectivity index (χ3n) is 2.40. The van der Waals surface area contributed by atoms with Gasteiger partial charge in [0.25, 0.3) is 0 Å². The fraction of sp³-hybridized carbons (Fsp3) is 0.462. The molecule has 0 aliphatic rings. The molecule has 1 aromatic rings. The van der Waals surface area contributed by atoms with E-state index in [0.717, 1.165) is 25.4 Å². The van der Waals surface area contributed by atoms with Crippen LogP contribution in [0.3, 0.4) is 0 Å². The van der Waals surface area contributed by atoms with E-state index in [4.69, 9.17) is 14.7 Å². The molecule has 0 heterocycles. The Labute approximate surface area is 102 Å². The molecule has 0 fully saturated rings. The van der Waals surface area contributed by atoms with Crippen LogP contribution in [-0.4, -0.2) is 45.4 Å². The second-order valence-corrected chi connectivity index (χ2v) is 3.78. The van der Waals surface area contributed by atoms with E-state index in [9.17, 15) is 0 Å². The molecule has 0 saturated heterocycles. The first-order valence-electron chi connectivity index (χ1n) is 5.56. The zero-order chi connectivity index (χ0) is 12.5. The second kappa shape index (κ2) is 7.66. The van der Waals surface area contributed by atoms with Crippen LogP contribution in [0.5, 0.6) is 5.75 Å². The molecule has 0 aliphatic carbocycles.